The molecule has 180 valence electrons. The molecule has 1 fully saturated rings. The highest BCUT2D eigenvalue weighted by molar-refractivity contribution is 6.14. The maximum atomic E-state index is 13.2. The third-order valence-electron chi connectivity index (χ3n) is 5.98. The molecule has 3 aromatic carbocycles. The van der Waals surface area contributed by atoms with Crippen molar-refractivity contribution in [1.82, 2.24) is 14.8 Å². The van der Waals surface area contributed by atoms with E-state index in [9.17, 15) is 18.8 Å². The summed E-state index contributed by atoms with van der Waals surface area (Å²) in [5.41, 5.74) is 4.10. The predicted octanol–water partition coefficient (Wildman–Crippen LogP) is 4.82. The Morgan fingerprint density at radius 2 is 1.72 bits per heavy atom. The summed E-state index contributed by atoms with van der Waals surface area (Å²) in [5, 5.41) is 6.36. The van der Waals surface area contributed by atoms with E-state index in [-0.39, 0.29) is 30.5 Å². The molecule has 7 nitrogen and oxygen atoms in total. The third kappa shape index (κ3) is 4.74. The number of hydrogen-bond acceptors (Lipinski definition) is 3. The number of carbonyl (C=O) groups excluding carboxylic acids is 3. The number of nitrogens with zero attached hydrogens (tertiary/aromatic N) is 2. The molecular formula is C28H23FN4O3. The number of hydrogen-bond donors (Lipinski definition) is 2. The summed E-state index contributed by atoms with van der Waals surface area (Å²) < 4.78 is 15.0. The van der Waals surface area contributed by atoms with Crippen LogP contribution in [0, 0.1) is 12.7 Å². The van der Waals surface area contributed by atoms with Crippen molar-refractivity contribution in [3.63, 3.8) is 0 Å². The number of imide groups is 1. The van der Waals surface area contributed by atoms with Gasteiger partial charge < -0.3 is 15.2 Å². The molecule has 1 saturated heterocycles. The van der Waals surface area contributed by atoms with E-state index in [0.29, 0.717) is 16.8 Å². The lowest BCUT2D eigenvalue weighted by Crippen LogP contribution is -2.30. The smallest absolute Gasteiger partial charge is 0.329 e. The van der Waals surface area contributed by atoms with E-state index in [2.05, 4.69) is 10.6 Å². The van der Waals surface area contributed by atoms with Crippen molar-refractivity contribution in [1.29, 1.82) is 0 Å². The molecule has 0 bridgehead atoms. The third-order valence-corrected chi connectivity index (χ3v) is 5.98. The monoisotopic (exact) mass is 482 g/mol. The van der Waals surface area contributed by atoms with Crippen molar-refractivity contribution in [3.8, 4) is 0 Å². The number of benzene rings is 3. The molecule has 4 amide bonds. The van der Waals surface area contributed by atoms with Gasteiger partial charge in [0.1, 0.15) is 18.1 Å². The molecule has 0 atom stereocenters. The summed E-state index contributed by atoms with van der Waals surface area (Å²) in [6.07, 6.45) is 3.40. The van der Waals surface area contributed by atoms with Crippen LogP contribution < -0.4 is 10.6 Å². The Kier molecular flexibility index (Phi) is 6.08. The van der Waals surface area contributed by atoms with Crippen LogP contribution in [0.15, 0.2) is 84.7 Å². The molecule has 5 rings (SSSR count). The largest absolute Gasteiger partial charge is 0.337 e. The predicted molar refractivity (Wildman–Crippen MR) is 135 cm³/mol. The van der Waals surface area contributed by atoms with Gasteiger partial charge in [-0.25, -0.2) is 9.18 Å². The minimum atomic E-state index is -0.545. The zero-order valence-electron chi connectivity index (χ0n) is 19.5. The molecule has 0 spiro atoms. The van der Waals surface area contributed by atoms with Gasteiger partial charge >= 0.3 is 6.03 Å². The zero-order chi connectivity index (χ0) is 25.2. The Labute approximate surface area is 206 Å². The Morgan fingerprint density at radius 1 is 1.00 bits per heavy atom. The molecule has 2 N–H and O–H groups in total. The molecule has 0 saturated carbocycles. The number of urea groups is 1. The fourth-order valence-corrected chi connectivity index (χ4v) is 4.16. The van der Waals surface area contributed by atoms with Crippen LogP contribution >= 0.6 is 0 Å². The summed E-state index contributed by atoms with van der Waals surface area (Å²) >= 11 is 0. The van der Waals surface area contributed by atoms with Gasteiger partial charge in [-0.2, -0.15) is 0 Å². The van der Waals surface area contributed by atoms with Gasteiger partial charge in [0.2, 0.25) is 5.91 Å². The minimum absolute atomic E-state index is 0.0310. The molecule has 2 heterocycles. The summed E-state index contributed by atoms with van der Waals surface area (Å²) in [6, 6.07) is 20.2. The van der Waals surface area contributed by atoms with Crippen LogP contribution in [-0.4, -0.2) is 27.3 Å². The number of aromatic nitrogens is 1. The van der Waals surface area contributed by atoms with E-state index in [1.165, 1.54) is 24.3 Å². The maximum absolute atomic E-state index is 13.2. The van der Waals surface area contributed by atoms with Crippen molar-refractivity contribution in [2.24, 2.45) is 0 Å². The Balaban J connectivity index is 1.38. The number of fused-ring (bicyclic) bond motifs is 1. The molecule has 36 heavy (non-hydrogen) atoms. The number of aryl methyl sites for hydroxylation is 1. The highest BCUT2D eigenvalue weighted by atomic mass is 19.1. The van der Waals surface area contributed by atoms with Crippen molar-refractivity contribution >= 4 is 40.5 Å². The Morgan fingerprint density at radius 3 is 2.47 bits per heavy atom. The maximum Gasteiger partial charge on any atom is 0.329 e. The van der Waals surface area contributed by atoms with Gasteiger partial charge in [-0.1, -0.05) is 48.0 Å². The van der Waals surface area contributed by atoms with Crippen molar-refractivity contribution in [3.05, 3.63) is 107 Å². The quantitative estimate of drug-likeness (QED) is 0.305. The fourth-order valence-electron chi connectivity index (χ4n) is 4.16. The van der Waals surface area contributed by atoms with E-state index < -0.39 is 11.9 Å². The first-order valence-electron chi connectivity index (χ1n) is 11.4. The Bertz CT molecular complexity index is 1500. The number of nitrogens with one attached hydrogen (secondary N) is 2. The highest BCUT2D eigenvalue weighted by Crippen LogP contribution is 2.25. The average Bonchev–Trinajstić information content (AvgIpc) is 3.33. The number of carbonyl (C=O) groups is 3. The number of para-hydroxylation sites is 1. The van der Waals surface area contributed by atoms with Gasteiger partial charge in [-0.3, -0.25) is 14.5 Å². The molecule has 0 aliphatic carbocycles. The molecule has 0 radical (unpaired) electrons. The van der Waals surface area contributed by atoms with Crippen molar-refractivity contribution in [2.75, 3.05) is 5.32 Å². The summed E-state index contributed by atoms with van der Waals surface area (Å²) in [5.74, 6) is -1.05. The normalized spacial score (nSPS) is 14.5. The van der Waals surface area contributed by atoms with Crippen molar-refractivity contribution < 1.29 is 18.8 Å². The van der Waals surface area contributed by atoms with Gasteiger partial charge in [0, 0.05) is 28.4 Å². The number of amides is 4. The number of halogens is 1. The standard InChI is InChI=1S/C28H23FN4O3/c1-18-6-12-22(13-7-18)30-26(34)17-32-16-20(23-4-2-3-5-25(23)32)14-24-27(35)33(28(36)31-24)15-19-8-10-21(29)11-9-19/h2-14,16H,15,17H2,1H3,(H,30,34)(H,31,36). The van der Waals surface area contributed by atoms with Crippen LogP contribution in [0.25, 0.3) is 17.0 Å². The van der Waals surface area contributed by atoms with Gasteiger partial charge in [0.05, 0.1) is 6.54 Å². The average molecular weight is 483 g/mol. The lowest BCUT2D eigenvalue weighted by molar-refractivity contribution is -0.123. The first-order chi connectivity index (χ1) is 17.4. The van der Waals surface area contributed by atoms with E-state index in [1.54, 1.807) is 12.3 Å². The van der Waals surface area contributed by atoms with Gasteiger partial charge in [-0.05, 0) is 48.9 Å². The SMILES string of the molecule is Cc1ccc(NC(=O)Cn2cc(C=C3NC(=O)N(Cc4ccc(F)cc4)C3=O)c3ccccc32)cc1. The second-order valence-electron chi connectivity index (χ2n) is 8.65. The molecule has 1 aliphatic heterocycles. The van der Waals surface area contributed by atoms with Crippen LogP contribution in [0.5, 0.6) is 0 Å². The van der Waals surface area contributed by atoms with Crippen LogP contribution in [0.4, 0.5) is 14.9 Å². The van der Waals surface area contributed by atoms with E-state index in [0.717, 1.165) is 21.4 Å². The van der Waals surface area contributed by atoms with E-state index >= 15 is 0 Å². The topological polar surface area (TPSA) is 83.4 Å². The minimum Gasteiger partial charge on any atom is -0.337 e. The molecule has 0 unspecified atom stereocenters. The molecule has 4 aromatic rings. The van der Waals surface area contributed by atoms with Crippen LogP contribution in [0.2, 0.25) is 0 Å². The lowest BCUT2D eigenvalue weighted by Gasteiger charge is -2.11. The summed E-state index contributed by atoms with van der Waals surface area (Å²) in [6.45, 7) is 2.09. The zero-order valence-corrected chi connectivity index (χ0v) is 19.5. The van der Waals surface area contributed by atoms with Gasteiger partial charge in [0.15, 0.2) is 0 Å². The van der Waals surface area contributed by atoms with Crippen molar-refractivity contribution in [2.45, 2.75) is 20.0 Å². The van der Waals surface area contributed by atoms with Gasteiger partial charge in [0.25, 0.3) is 5.91 Å². The van der Waals surface area contributed by atoms with E-state index in [1.807, 2.05) is 60.0 Å². The van der Waals surface area contributed by atoms with Gasteiger partial charge in [-0.15, -0.1) is 0 Å². The number of rotatable bonds is 6. The Hall–Kier alpha value is -4.72. The molecule has 1 aromatic heterocycles. The highest BCUT2D eigenvalue weighted by Gasteiger charge is 2.33. The van der Waals surface area contributed by atoms with Crippen LogP contribution in [0.1, 0.15) is 16.7 Å². The second-order valence-corrected chi connectivity index (χ2v) is 8.65. The first-order valence-corrected chi connectivity index (χ1v) is 11.4. The van der Waals surface area contributed by atoms with Crippen LogP contribution in [-0.2, 0) is 22.7 Å². The summed E-state index contributed by atoms with van der Waals surface area (Å²) in [7, 11) is 0. The fraction of sp³-hybridized carbons (Fsp3) is 0.107. The first kappa shape index (κ1) is 23.0. The molecule has 1 aliphatic rings. The lowest BCUT2D eigenvalue weighted by atomic mass is 10.1. The number of anilines is 1. The van der Waals surface area contributed by atoms with E-state index in [4.69, 9.17) is 0 Å². The summed E-state index contributed by atoms with van der Waals surface area (Å²) in [4.78, 5) is 39.2. The molecule has 8 heteroatoms. The van der Waals surface area contributed by atoms with Crippen LogP contribution in [0.3, 0.4) is 0 Å². The second kappa shape index (κ2) is 9.50. The molecular weight excluding hydrogens is 459 g/mol.